The second-order valence-corrected chi connectivity index (χ2v) is 8.56. The van der Waals surface area contributed by atoms with Crippen LogP contribution in [0.1, 0.15) is 5.56 Å². The van der Waals surface area contributed by atoms with E-state index in [1.54, 1.807) is 4.68 Å². The lowest BCUT2D eigenvalue weighted by atomic mass is 10.2. The van der Waals surface area contributed by atoms with Crippen molar-refractivity contribution < 1.29 is 23.1 Å². The predicted molar refractivity (Wildman–Crippen MR) is 128 cm³/mol. The van der Waals surface area contributed by atoms with Crippen molar-refractivity contribution in [3.63, 3.8) is 0 Å². The highest BCUT2D eigenvalue weighted by molar-refractivity contribution is 6.31. The van der Waals surface area contributed by atoms with Crippen LogP contribution < -0.4 is 4.90 Å². The molecule has 5 rings (SSSR count). The summed E-state index contributed by atoms with van der Waals surface area (Å²) in [5.74, 6) is -1.83. The lowest BCUT2D eigenvalue weighted by Gasteiger charge is -2.35. The number of aromatic nitrogens is 5. The van der Waals surface area contributed by atoms with Gasteiger partial charge in [0.2, 0.25) is 0 Å². The molecule has 4 heterocycles. The van der Waals surface area contributed by atoms with Crippen molar-refractivity contribution in [2.24, 2.45) is 7.05 Å². The highest BCUT2D eigenvalue weighted by Crippen LogP contribution is 2.26. The van der Waals surface area contributed by atoms with Crippen LogP contribution in [0.5, 0.6) is 0 Å². The molecule has 0 radical (unpaired) electrons. The Morgan fingerprint density at radius 1 is 1.11 bits per heavy atom. The second-order valence-electron chi connectivity index (χ2n) is 8.15. The summed E-state index contributed by atoms with van der Waals surface area (Å²) >= 11 is 6.32. The first-order valence-corrected chi connectivity index (χ1v) is 11.3. The Morgan fingerprint density at radius 3 is 2.42 bits per heavy atom. The first kappa shape index (κ1) is 25.5. The summed E-state index contributed by atoms with van der Waals surface area (Å²) in [6, 6.07) is 8.07. The van der Waals surface area contributed by atoms with E-state index in [0.29, 0.717) is 0 Å². The summed E-state index contributed by atoms with van der Waals surface area (Å²) in [6.45, 7) is 4.62. The van der Waals surface area contributed by atoms with Gasteiger partial charge in [0.1, 0.15) is 0 Å². The molecule has 1 aromatic carbocycles. The predicted octanol–water partition coefficient (Wildman–Crippen LogP) is 3.74. The van der Waals surface area contributed by atoms with Crippen molar-refractivity contribution in [3.05, 3.63) is 65.8 Å². The number of rotatable bonds is 4. The molecular formula is C23H23ClF3N7O2. The average Bonchev–Trinajstić information content (AvgIpc) is 3.47. The van der Waals surface area contributed by atoms with Gasteiger partial charge in [0.15, 0.2) is 11.5 Å². The minimum atomic E-state index is -5.08. The van der Waals surface area contributed by atoms with Crippen LogP contribution in [0.4, 0.5) is 19.0 Å². The number of anilines is 1. The van der Waals surface area contributed by atoms with Crippen molar-refractivity contribution in [3.8, 4) is 11.3 Å². The van der Waals surface area contributed by atoms with E-state index in [0.717, 1.165) is 60.5 Å². The summed E-state index contributed by atoms with van der Waals surface area (Å²) in [7, 11) is 1.92. The zero-order valence-electron chi connectivity index (χ0n) is 19.2. The molecule has 1 aliphatic rings. The molecule has 1 N–H and O–H groups in total. The van der Waals surface area contributed by atoms with Gasteiger partial charge in [-0.1, -0.05) is 29.8 Å². The number of fused-ring (bicyclic) bond motifs is 1. The molecule has 36 heavy (non-hydrogen) atoms. The number of nitrogens with zero attached hydrogens (tertiary/aromatic N) is 7. The monoisotopic (exact) mass is 521 g/mol. The van der Waals surface area contributed by atoms with E-state index in [1.165, 1.54) is 5.56 Å². The van der Waals surface area contributed by atoms with Crippen LogP contribution in [0, 0.1) is 0 Å². The third-order valence-electron chi connectivity index (χ3n) is 5.68. The van der Waals surface area contributed by atoms with E-state index < -0.39 is 12.1 Å². The zero-order chi connectivity index (χ0) is 25.9. The number of imidazole rings is 1. The second kappa shape index (κ2) is 10.5. The maximum absolute atomic E-state index is 10.6. The number of carbonyl (C=O) groups is 1. The van der Waals surface area contributed by atoms with Crippen molar-refractivity contribution >= 4 is 29.0 Å². The number of halogens is 4. The fourth-order valence-electron chi connectivity index (χ4n) is 3.88. The Labute approximate surface area is 209 Å². The molecule has 4 aromatic rings. The molecule has 13 heteroatoms. The molecule has 0 bridgehead atoms. The topological polar surface area (TPSA) is 91.8 Å². The van der Waals surface area contributed by atoms with E-state index in [9.17, 15) is 13.2 Å². The molecule has 0 saturated carbocycles. The van der Waals surface area contributed by atoms with E-state index in [4.69, 9.17) is 21.5 Å². The van der Waals surface area contributed by atoms with E-state index in [-0.39, 0.29) is 0 Å². The standard InChI is InChI=1S/C21H22ClN7.C2HF3O2/c1-26-14-17(12-25-26)19-13-24-21-20(23-6-7-29(19)21)28-10-8-27(9-11-28)15-16-4-2-3-5-18(16)22;3-2(4,5)1(6)7/h2-7,12-14H,8-11,15H2,1H3;(H,6,7). The lowest BCUT2D eigenvalue weighted by molar-refractivity contribution is -0.192. The van der Waals surface area contributed by atoms with E-state index in [1.807, 2.05) is 56.2 Å². The summed E-state index contributed by atoms with van der Waals surface area (Å²) in [4.78, 5) is 23.0. The summed E-state index contributed by atoms with van der Waals surface area (Å²) in [6.07, 6.45) is 4.47. The number of hydrogen-bond acceptors (Lipinski definition) is 6. The molecular weight excluding hydrogens is 499 g/mol. The number of benzene rings is 1. The third kappa shape index (κ3) is 5.77. The highest BCUT2D eigenvalue weighted by atomic mass is 35.5. The Balaban J connectivity index is 0.000000384. The van der Waals surface area contributed by atoms with Gasteiger partial charge >= 0.3 is 12.1 Å². The summed E-state index contributed by atoms with van der Waals surface area (Å²) in [5, 5.41) is 12.2. The number of aliphatic carboxylic acids is 1. The number of hydrogen-bond donors (Lipinski definition) is 1. The number of aryl methyl sites for hydroxylation is 1. The van der Waals surface area contributed by atoms with Crippen LogP contribution in [-0.4, -0.2) is 72.5 Å². The van der Waals surface area contributed by atoms with Crippen LogP contribution >= 0.6 is 11.6 Å². The zero-order valence-corrected chi connectivity index (χ0v) is 20.0. The van der Waals surface area contributed by atoms with Crippen LogP contribution in [0.3, 0.4) is 0 Å². The Morgan fingerprint density at radius 2 is 1.81 bits per heavy atom. The molecule has 9 nitrogen and oxygen atoms in total. The van der Waals surface area contributed by atoms with Gasteiger partial charge in [0.05, 0.1) is 18.1 Å². The van der Waals surface area contributed by atoms with Crippen molar-refractivity contribution in [2.75, 3.05) is 31.1 Å². The van der Waals surface area contributed by atoms with Gasteiger partial charge < -0.3 is 10.0 Å². The number of alkyl halides is 3. The molecule has 0 aliphatic carbocycles. The Hall–Kier alpha value is -3.64. The fourth-order valence-corrected chi connectivity index (χ4v) is 4.08. The molecule has 1 aliphatic heterocycles. The molecule has 3 aromatic heterocycles. The molecule has 0 spiro atoms. The average molecular weight is 522 g/mol. The van der Waals surface area contributed by atoms with Gasteiger partial charge in [-0.25, -0.2) is 14.8 Å². The van der Waals surface area contributed by atoms with Crippen molar-refractivity contribution in [1.29, 1.82) is 0 Å². The smallest absolute Gasteiger partial charge is 0.475 e. The summed E-state index contributed by atoms with van der Waals surface area (Å²) < 4.78 is 35.6. The van der Waals surface area contributed by atoms with Crippen molar-refractivity contribution in [1.82, 2.24) is 29.0 Å². The van der Waals surface area contributed by atoms with Gasteiger partial charge in [-0.2, -0.15) is 18.3 Å². The normalized spacial score (nSPS) is 14.5. The van der Waals surface area contributed by atoms with Gasteiger partial charge in [0.25, 0.3) is 0 Å². The first-order valence-electron chi connectivity index (χ1n) is 11.0. The van der Waals surface area contributed by atoms with Crippen LogP contribution in [0.2, 0.25) is 5.02 Å². The number of carboxylic acids is 1. The fraction of sp³-hybridized carbons (Fsp3) is 0.304. The van der Waals surface area contributed by atoms with Gasteiger partial charge in [-0.3, -0.25) is 14.0 Å². The maximum Gasteiger partial charge on any atom is 0.490 e. The van der Waals surface area contributed by atoms with Gasteiger partial charge in [0, 0.05) is 68.9 Å². The molecule has 1 fully saturated rings. The first-order chi connectivity index (χ1) is 17.1. The largest absolute Gasteiger partial charge is 0.490 e. The number of carboxylic acid groups (broad SMARTS) is 1. The van der Waals surface area contributed by atoms with E-state index in [2.05, 4.69) is 35.3 Å². The molecule has 0 atom stereocenters. The number of piperazine rings is 1. The minimum absolute atomic E-state index is 0.835. The van der Waals surface area contributed by atoms with Gasteiger partial charge in [-0.15, -0.1) is 0 Å². The minimum Gasteiger partial charge on any atom is -0.475 e. The Bertz CT molecular complexity index is 1350. The quantitative estimate of drug-likeness (QED) is 0.437. The molecule has 1 saturated heterocycles. The summed E-state index contributed by atoms with van der Waals surface area (Å²) in [5.41, 5.74) is 4.12. The highest BCUT2D eigenvalue weighted by Gasteiger charge is 2.38. The van der Waals surface area contributed by atoms with Crippen LogP contribution in [0.15, 0.2) is 55.2 Å². The third-order valence-corrected chi connectivity index (χ3v) is 6.04. The van der Waals surface area contributed by atoms with Crippen LogP contribution in [0.25, 0.3) is 16.9 Å². The molecule has 0 amide bonds. The molecule has 0 unspecified atom stereocenters. The van der Waals surface area contributed by atoms with Crippen LogP contribution in [-0.2, 0) is 18.4 Å². The Kier molecular flexibility index (Phi) is 7.45. The van der Waals surface area contributed by atoms with Gasteiger partial charge in [-0.05, 0) is 11.6 Å². The van der Waals surface area contributed by atoms with Crippen molar-refractivity contribution in [2.45, 2.75) is 12.7 Å². The maximum atomic E-state index is 10.6. The lowest BCUT2D eigenvalue weighted by Crippen LogP contribution is -2.46. The molecule has 190 valence electrons. The SMILES string of the molecule is Cn1cc(-c2cnc3c(N4CCN(Cc5ccccc5Cl)CC4)nccn23)cn1.O=C(O)C(F)(F)F. The van der Waals surface area contributed by atoms with E-state index >= 15 is 0 Å².